The number of carbonyl (C=O) groups is 2. The summed E-state index contributed by atoms with van der Waals surface area (Å²) in [5.41, 5.74) is 0.649. The summed E-state index contributed by atoms with van der Waals surface area (Å²) in [4.78, 5) is 26.2. The number of carbonyl (C=O) groups excluding carboxylic acids is 2. The molecule has 7 heteroatoms. The van der Waals surface area contributed by atoms with Crippen molar-refractivity contribution >= 4 is 11.6 Å². The van der Waals surface area contributed by atoms with E-state index in [4.69, 9.17) is 4.74 Å². The van der Waals surface area contributed by atoms with Gasteiger partial charge in [-0.25, -0.2) is 0 Å². The minimum absolute atomic E-state index is 0.0139. The molecule has 0 amide bonds. The lowest BCUT2D eigenvalue weighted by molar-refractivity contribution is -0.704. The molecule has 0 radical (unpaired) electrons. The summed E-state index contributed by atoms with van der Waals surface area (Å²) in [5.74, 6) is -1.38. The molecule has 2 aromatic rings. The number of phenolic OH excluding ortho intramolecular Hbond substituents is 2. The molecule has 1 unspecified atom stereocenters. The number of phenols is 2. The van der Waals surface area contributed by atoms with Crippen LogP contribution in [-0.4, -0.2) is 40.5 Å². The Balaban J connectivity index is 1.95. The summed E-state index contributed by atoms with van der Waals surface area (Å²) in [6.45, 7) is 0.533. The lowest BCUT2D eigenvalue weighted by Gasteiger charge is -2.27. The SMILES string of the molecule is COc1cc2c(c(O)c1C1CCCC[NH2+]1)C(=O)c1c(O)cc(CO)cc1C2=O. The average molecular weight is 384 g/mol. The Kier molecular flexibility index (Phi) is 4.56. The molecule has 2 aliphatic rings. The van der Waals surface area contributed by atoms with E-state index in [1.54, 1.807) is 0 Å². The van der Waals surface area contributed by atoms with Gasteiger partial charge < -0.3 is 25.4 Å². The lowest BCUT2D eigenvalue weighted by Crippen LogP contribution is -2.86. The summed E-state index contributed by atoms with van der Waals surface area (Å²) in [6, 6.07) is 4.08. The number of quaternary nitrogens is 1. The summed E-state index contributed by atoms with van der Waals surface area (Å²) in [6.07, 6.45) is 2.91. The molecule has 1 fully saturated rings. The predicted molar refractivity (Wildman–Crippen MR) is 98.9 cm³/mol. The number of aliphatic hydroxyl groups excluding tert-OH is 1. The van der Waals surface area contributed by atoms with Crippen molar-refractivity contribution in [3.63, 3.8) is 0 Å². The zero-order chi connectivity index (χ0) is 20.0. The van der Waals surface area contributed by atoms with E-state index in [2.05, 4.69) is 5.32 Å². The highest BCUT2D eigenvalue weighted by Crippen LogP contribution is 2.44. The van der Waals surface area contributed by atoms with Crippen molar-refractivity contribution in [3.05, 3.63) is 51.6 Å². The van der Waals surface area contributed by atoms with Gasteiger partial charge in [0.25, 0.3) is 0 Å². The molecule has 1 aliphatic heterocycles. The number of fused-ring (bicyclic) bond motifs is 2. The van der Waals surface area contributed by atoms with Crippen LogP contribution in [0.5, 0.6) is 17.2 Å². The van der Waals surface area contributed by atoms with Crippen LogP contribution in [0.2, 0.25) is 0 Å². The Bertz CT molecular complexity index is 991. The molecule has 5 N–H and O–H groups in total. The van der Waals surface area contributed by atoms with Crippen LogP contribution in [0.25, 0.3) is 0 Å². The third-order valence-corrected chi connectivity index (χ3v) is 5.62. The first-order chi connectivity index (χ1) is 13.5. The van der Waals surface area contributed by atoms with Gasteiger partial charge in [0.1, 0.15) is 23.3 Å². The van der Waals surface area contributed by atoms with E-state index < -0.39 is 11.6 Å². The van der Waals surface area contributed by atoms with Crippen LogP contribution in [0, 0.1) is 0 Å². The summed E-state index contributed by atoms with van der Waals surface area (Å²) in [5, 5.41) is 32.8. The van der Waals surface area contributed by atoms with Gasteiger partial charge in [-0.1, -0.05) is 0 Å². The van der Waals surface area contributed by atoms with E-state index in [0.717, 1.165) is 25.8 Å². The molecule has 7 nitrogen and oxygen atoms in total. The van der Waals surface area contributed by atoms with Crippen molar-refractivity contribution in [2.75, 3.05) is 13.7 Å². The Morgan fingerprint density at radius 3 is 2.46 bits per heavy atom. The molecule has 0 aromatic heterocycles. The van der Waals surface area contributed by atoms with Gasteiger partial charge in [-0.2, -0.15) is 0 Å². The van der Waals surface area contributed by atoms with Crippen LogP contribution in [0.15, 0.2) is 18.2 Å². The van der Waals surface area contributed by atoms with E-state index in [9.17, 15) is 24.9 Å². The second-order valence-electron chi connectivity index (χ2n) is 7.24. The first-order valence-corrected chi connectivity index (χ1v) is 9.31. The average Bonchev–Trinajstić information content (AvgIpc) is 2.71. The van der Waals surface area contributed by atoms with Gasteiger partial charge in [0.15, 0.2) is 5.78 Å². The molecule has 2 aromatic carbocycles. The number of aliphatic hydroxyl groups is 1. The van der Waals surface area contributed by atoms with Gasteiger partial charge in [0, 0.05) is 17.5 Å². The van der Waals surface area contributed by atoms with E-state index in [-0.39, 0.29) is 46.4 Å². The monoisotopic (exact) mass is 384 g/mol. The highest BCUT2D eigenvalue weighted by atomic mass is 16.5. The Labute approximate surface area is 161 Å². The number of ketones is 2. The molecule has 28 heavy (non-hydrogen) atoms. The van der Waals surface area contributed by atoms with E-state index >= 15 is 0 Å². The Morgan fingerprint density at radius 1 is 1.07 bits per heavy atom. The number of methoxy groups -OCH3 is 1. The molecule has 1 aliphatic carbocycles. The predicted octanol–water partition coefficient (Wildman–Crippen LogP) is 1.16. The molecule has 0 saturated carbocycles. The minimum atomic E-state index is -0.608. The Morgan fingerprint density at radius 2 is 1.82 bits per heavy atom. The van der Waals surface area contributed by atoms with Crippen LogP contribution in [0.4, 0.5) is 0 Å². The zero-order valence-electron chi connectivity index (χ0n) is 15.5. The van der Waals surface area contributed by atoms with Crippen molar-refractivity contribution in [1.29, 1.82) is 0 Å². The van der Waals surface area contributed by atoms with Crippen molar-refractivity contribution in [2.45, 2.75) is 31.9 Å². The summed E-state index contributed by atoms with van der Waals surface area (Å²) >= 11 is 0. The summed E-state index contributed by atoms with van der Waals surface area (Å²) in [7, 11) is 1.46. The zero-order valence-corrected chi connectivity index (χ0v) is 15.5. The Hall–Kier alpha value is -2.90. The van der Waals surface area contributed by atoms with E-state index in [1.807, 2.05) is 0 Å². The van der Waals surface area contributed by atoms with Gasteiger partial charge >= 0.3 is 0 Å². The van der Waals surface area contributed by atoms with Crippen molar-refractivity contribution in [1.82, 2.24) is 0 Å². The van der Waals surface area contributed by atoms with Crippen LogP contribution >= 0.6 is 0 Å². The molecule has 146 valence electrons. The third-order valence-electron chi connectivity index (χ3n) is 5.62. The molecule has 4 rings (SSSR count). The largest absolute Gasteiger partial charge is 0.507 e. The van der Waals surface area contributed by atoms with Crippen molar-refractivity contribution in [3.8, 4) is 17.2 Å². The molecule has 1 heterocycles. The van der Waals surface area contributed by atoms with Gasteiger partial charge in [0.2, 0.25) is 5.78 Å². The fourth-order valence-corrected chi connectivity index (χ4v) is 4.27. The van der Waals surface area contributed by atoms with Crippen molar-refractivity contribution in [2.24, 2.45) is 0 Å². The quantitative estimate of drug-likeness (QED) is 0.538. The number of aromatic hydroxyl groups is 2. The van der Waals surface area contributed by atoms with Crippen LogP contribution in [-0.2, 0) is 6.61 Å². The van der Waals surface area contributed by atoms with E-state index in [0.29, 0.717) is 16.9 Å². The molecule has 0 bridgehead atoms. The fourth-order valence-electron chi connectivity index (χ4n) is 4.27. The van der Waals surface area contributed by atoms with Gasteiger partial charge in [0.05, 0.1) is 37.0 Å². The van der Waals surface area contributed by atoms with Gasteiger partial charge in [-0.15, -0.1) is 0 Å². The number of ether oxygens (including phenoxy) is 1. The first-order valence-electron chi connectivity index (χ1n) is 9.31. The third kappa shape index (κ3) is 2.66. The van der Waals surface area contributed by atoms with Gasteiger partial charge in [-0.3, -0.25) is 9.59 Å². The molecule has 1 atom stereocenters. The maximum Gasteiger partial charge on any atom is 0.201 e. The number of hydrogen-bond donors (Lipinski definition) is 4. The highest BCUT2D eigenvalue weighted by molar-refractivity contribution is 6.30. The standard InChI is InChI=1S/C21H21NO6/c1-28-15-8-12-17(21(27)18(15)13-4-2-3-5-22-13)20(26)16-11(19(12)25)6-10(9-23)7-14(16)24/h6-8,13,22-24,27H,2-5,9H2,1H3/p+1. The second kappa shape index (κ2) is 6.92. The smallest absolute Gasteiger partial charge is 0.201 e. The molecular formula is C21H22NO6+. The lowest BCUT2D eigenvalue weighted by atomic mass is 9.80. The molecule has 1 saturated heterocycles. The highest BCUT2D eigenvalue weighted by Gasteiger charge is 2.39. The fraction of sp³-hybridized carbons (Fsp3) is 0.333. The number of benzene rings is 2. The molecule has 0 spiro atoms. The van der Waals surface area contributed by atoms with Crippen LogP contribution in [0.1, 0.15) is 68.3 Å². The summed E-state index contributed by atoms with van der Waals surface area (Å²) < 4.78 is 5.45. The van der Waals surface area contributed by atoms with Crippen LogP contribution in [0.3, 0.4) is 0 Å². The first kappa shape index (κ1) is 18.5. The van der Waals surface area contributed by atoms with Crippen LogP contribution < -0.4 is 10.1 Å². The number of piperidine rings is 1. The normalized spacial score (nSPS) is 18.6. The maximum atomic E-state index is 13.1. The van der Waals surface area contributed by atoms with Gasteiger partial charge in [-0.05, 0) is 36.6 Å². The number of hydrogen-bond acceptors (Lipinski definition) is 6. The second-order valence-corrected chi connectivity index (χ2v) is 7.24. The number of rotatable bonds is 3. The molecular weight excluding hydrogens is 362 g/mol. The number of nitrogens with two attached hydrogens (primary N) is 1. The van der Waals surface area contributed by atoms with Crippen molar-refractivity contribution < 1.29 is 35.0 Å². The van der Waals surface area contributed by atoms with E-state index in [1.165, 1.54) is 25.3 Å². The minimum Gasteiger partial charge on any atom is -0.507 e. The maximum absolute atomic E-state index is 13.1. The topological polar surface area (TPSA) is 121 Å².